The highest BCUT2D eigenvalue weighted by atomic mass is 79.9. The number of methoxy groups -OCH3 is 1. The van der Waals surface area contributed by atoms with Gasteiger partial charge >= 0.3 is 0 Å². The lowest BCUT2D eigenvalue weighted by Crippen LogP contribution is -2.16. The highest BCUT2D eigenvalue weighted by Gasteiger charge is 2.18. The summed E-state index contributed by atoms with van der Waals surface area (Å²) in [6, 6.07) is 7.66. The molecule has 0 amide bonds. The number of hydrogen-bond donors (Lipinski definition) is 1. The third-order valence-corrected chi connectivity index (χ3v) is 3.16. The summed E-state index contributed by atoms with van der Waals surface area (Å²) in [6.07, 6.45) is 1.67. The Kier molecular flexibility index (Phi) is 3.49. The molecule has 1 aromatic carbocycles. The molecule has 1 unspecified atom stereocenters. The molecule has 0 aliphatic rings. The Hall–Kier alpha value is -1.33. The van der Waals surface area contributed by atoms with Crippen molar-refractivity contribution in [2.24, 2.45) is 12.8 Å². The summed E-state index contributed by atoms with van der Waals surface area (Å²) in [5.74, 6) is 0.708. The molecule has 0 fully saturated rings. The van der Waals surface area contributed by atoms with Crippen LogP contribution in [0.2, 0.25) is 0 Å². The number of aryl methyl sites for hydroxylation is 1. The van der Waals surface area contributed by atoms with E-state index in [9.17, 15) is 0 Å². The van der Waals surface area contributed by atoms with Gasteiger partial charge in [0.15, 0.2) is 5.75 Å². The van der Waals surface area contributed by atoms with E-state index in [2.05, 4.69) is 21.0 Å². The molecule has 2 N–H and O–H groups in total. The minimum Gasteiger partial charge on any atom is -0.493 e. The number of hydrogen-bond acceptors (Lipinski definition) is 3. The third kappa shape index (κ3) is 2.35. The fourth-order valence-corrected chi connectivity index (χ4v) is 2.21. The molecule has 2 aromatic rings. The van der Waals surface area contributed by atoms with Gasteiger partial charge in [0, 0.05) is 11.5 Å². The van der Waals surface area contributed by atoms with E-state index in [1.54, 1.807) is 18.0 Å². The van der Waals surface area contributed by atoms with Crippen LogP contribution in [-0.2, 0) is 7.05 Å². The number of halogens is 1. The number of benzene rings is 1. The normalized spacial score (nSPS) is 12.5. The van der Waals surface area contributed by atoms with Crippen molar-refractivity contribution in [2.75, 3.05) is 7.11 Å². The number of ether oxygens (including phenoxy) is 1. The van der Waals surface area contributed by atoms with Crippen LogP contribution in [0, 0.1) is 0 Å². The predicted molar refractivity (Wildman–Crippen MR) is 69.9 cm³/mol. The molecular weight excluding hydrogens is 282 g/mol. The first-order chi connectivity index (χ1) is 8.13. The van der Waals surface area contributed by atoms with E-state index in [1.165, 1.54) is 0 Å². The molecule has 2 rings (SSSR count). The number of nitrogens with zero attached hydrogens (tertiary/aromatic N) is 2. The van der Waals surface area contributed by atoms with Crippen molar-refractivity contribution in [1.29, 1.82) is 0 Å². The van der Waals surface area contributed by atoms with Crippen molar-refractivity contribution in [3.05, 3.63) is 46.2 Å². The quantitative estimate of drug-likeness (QED) is 0.945. The molecule has 1 aromatic heterocycles. The van der Waals surface area contributed by atoms with Gasteiger partial charge in [-0.2, -0.15) is 5.10 Å². The molecule has 5 heteroatoms. The van der Waals surface area contributed by atoms with Gasteiger partial charge < -0.3 is 10.5 Å². The maximum absolute atomic E-state index is 6.25. The maximum Gasteiger partial charge on any atom is 0.161 e. The van der Waals surface area contributed by atoms with Crippen molar-refractivity contribution in [1.82, 2.24) is 9.78 Å². The minimum atomic E-state index is -0.255. The lowest BCUT2D eigenvalue weighted by Gasteiger charge is -2.14. The van der Waals surface area contributed by atoms with Gasteiger partial charge in [-0.25, -0.2) is 0 Å². The van der Waals surface area contributed by atoms with Gasteiger partial charge in [-0.05, 0) is 17.7 Å². The Morgan fingerprint density at radius 2 is 2.24 bits per heavy atom. The molecule has 0 saturated carbocycles. The number of rotatable bonds is 3. The molecule has 1 atom stereocenters. The van der Waals surface area contributed by atoms with E-state index in [0.717, 1.165) is 15.7 Å². The van der Waals surface area contributed by atoms with E-state index < -0.39 is 0 Å². The predicted octanol–water partition coefficient (Wildman–Crippen LogP) is 2.24. The Bertz CT molecular complexity index is 524. The molecule has 90 valence electrons. The summed E-state index contributed by atoms with van der Waals surface area (Å²) in [6.45, 7) is 0. The molecule has 0 aliphatic carbocycles. The first-order valence-corrected chi connectivity index (χ1v) is 5.99. The molecule has 0 radical (unpaired) electrons. The molecule has 17 heavy (non-hydrogen) atoms. The van der Waals surface area contributed by atoms with E-state index in [4.69, 9.17) is 10.5 Å². The Morgan fingerprint density at radius 1 is 1.47 bits per heavy atom. The summed E-state index contributed by atoms with van der Waals surface area (Å²) in [5.41, 5.74) is 8.13. The second kappa shape index (κ2) is 4.89. The lowest BCUT2D eigenvalue weighted by molar-refractivity contribution is 0.406. The Labute approximate surface area is 109 Å². The highest BCUT2D eigenvalue weighted by molar-refractivity contribution is 9.10. The summed E-state index contributed by atoms with van der Waals surface area (Å²) >= 11 is 3.44. The van der Waals surface area contributed by atoms with Gasteiger partial charge in [-0.3, -0.25) is 4.68 Å². The number of aromatic nitrogens is 2. The van der Waals surface area contributed by atoms with Crippen molar-refractivity contribution in [2.45, 2.75) is 6.04 Å². The van der Waals surface area contributed by atoms with Crippen LogP contribution >= 0.6 is 15.9 Å². The average Bonchev–Trinajstić information content (AvgIpc) is 2.69. The first-order valence-electron chi connectivity index (χ1n) is 5.20. The Morgan fingerprint density at radius 3 is 2.88 bits per heavy atom. The lowest BCUT2D eigenvalue weighted by atomic mass is 10.0. The van der Waals surface area contributed by atoms with Crippen LogP contribution in [0.1, 0.15) is 17.3 Å². The standard InChI is InChI=1S/C12H14BrN3O/c1-16-12(10(17-2)7-15-16)11(14)8-4-3-5-9(13)6-8/h3-7,11H,14H2,1-2H3. The van der Waals surface area contributed by atoms with Gasteiger partial charge in [0.2, 0.25) is 0 Å². The van der Waals surface area contributed by atoms with Crippen LogP contribution in [0.3, 0.4) is 0 Å². The SMILES string of the molecule is COc1cnn(C)c1C(N)c1cccc(Br)c1. The van der Waals surface area contributed by atoms with Crippen LogP contribution in [0.15, 0.2) is 34.9 Å². The van der Waals surface area contributed by atoms with E-state index in [0.29, 0.717) is 5.75 Å². The van der Waals surface area contributed by atoms with Crippen molar-refractivity contribution in [3.63, 3.8) is 0 Å². The second-order valence-electron chi connectivity index (χ2n) is 3.75. The molecule has 0 aliphatic heterocycles. The van der Waals surface area contributed by atoms with Crippen molar-refractivity contribution >= 4 is 15.9 Å². The van der Waals surface area contributed by atoms with Crippen molar-refractivity contribution in [3.8, 4) is 5.75 Å². The fraction of sp³-hybridized carbons (Fsp3) is 0.250. The molecular formula is C12H14BrN3O. The Balaban J connectivity index is 2.43. The van der Waals surface area contributed by atoms with Gasteiger partial charge in [0.1, 0.15) is 5.69 Å². The smallest absolute Gasteiger partial charge is 0.161 e. The van der Waals surface area contributed by atoms with Crippen LogP contribution in [0.5, 0.6) is 5.75 Å². The zero-order valence-corrected chi connectivity index (χ0v) is 11.3. The van der Waals surface area contributed by atoms with E-state index in [1.807, 2.05) is 31.3 Å². The van der Waals surface area contributed by atoms with Crippen molar-refractivity contribution < 1.29 is 4.74 Å². The molecule has 0 saturated heterocycles. The zero-order chi connectivity index (χ0) is 12.4. The van der Waals surface area contributed by atoms with Crippen LogP contribution in [-0.4, -0.2) is 16.9 Å². The molecule has 1 heterocycles. The average molecular weight is 296 g/mol. The summed E-state index contributed by atoms with van der Waals surface area (Å²) in [7, 11) is 3.48. The zero-order valence-electron chi connectivity index (χ0n) is 9.72. The molecule has 0 spiro atoms. The van der Waals surface area contributed by atoms with Gasteiger partial charge in [-0.15, -0.1) is 0 Å². The topological polar surface area (TPSA) is 53.1 Å². The van der Waals surface area contributed by atoms with Gasteiger partial charge in [0.05, 0.1) is 19.3 Å². The second-order valence-corrected chi connectivity index (χ2v) is 4.67. The third-order valence-electron chi connectivity index (χ3n) is 2.67. The summed E-state index contributed by atoms with van der Waals surface area (Å²) in [4.78, 5) is 0. The highest BCUT2D eigenvalue weighted by Crippen LogP contribution is 2.28. The van der Waals surface area contributed by atoms with Gasteiger partial charge in [0.25, 0.3) is 0 Å². The first kappa shape index (κ1) is 12.1. The summed E-state index contributed by atoms with van der Waals surface area (Å²) < 4.78 is 8.01. The van der Waals surface area contributed by atoms with Crippen LogP contribution < -0.4 is 10.5 Å². The number of nitrogens with two attached hydrogens (primary N) is 1. The maximum atomic E-state index is 6.25. The van der Waals surface area contributed by atoms with E-state index in [-0.39, 0.29) is 6.04 Å². The fourth-order valence-electron chi connectivity index (χ4n) is 1.80. The minimum absolute atomic E-state index is 0.255. The van der Waals surface area contributed by atoms with Gasteiger partial charge in [-0.1, -0.05) is 28.1 Å². The van der Waals surface area contributed by atoms with Crippen LogP contribution in [0.25, 0.3) is 0 Å². The monoisotopic (exact) mass is 295 g/mol. The van der Waals surface area contributed by atoms with E-state index >= 15 is 0 Å². The molecule has 4 nitrogen and oxygen atoms in total. The van der Waals surface area contributed by atoms with Crippen LogP contribution in [0.4, 0.5) is 0 Å². The largest absolute Gasteiger partial charge is 0.493 e. The molecule has 0 bridgehead atoms. The summed E-state index contributed by atoms with van der Waals surface area (Å²) in [5, 5.41) is 4.16.